The van der Waals surface area contributed by atoms with E-state index in [1.165, 1.54) is 12.1 Å². The maximum Gasteiger partial charge on any atom is 0.241 e. The van der Waals surface area contributed by atoms with E-state index in [1.54, 1.807) is 12.1 Å². The molecule has 0 aliphatic carbocycles. The first kappa shape index (κ1) is 28.0. The van der Waals surface area contributed by atoms with Crippen molar-refractivity contribution in [2.75, 3.05) is 63.1 Å². The van der Waals surface area contributed by atoms with Crippen molar-refractivity contribution in [2.45, 2.75) is 57.7 Å². The largest absolute Gasteiger partial charge is 0.379 e. The maximum atomic E-state index is 14.2. The SMILES string of the molecule is C[C@@H]1CN(CC(=O)N2CC(C)(C)c3c2cc(Cc2ccc(F)cc2)c2nnc(N)n32)[C@@H](CN2CCOC[C@H]2C)CN1. The number of rotatable bonds is 6. The lowest BCUT2D eigenvalue weighted by Crippen LogP contribution is -2.62. The molecule has 3 N–H and O–H groups in total. The second kappa shape index (κ2) is 10.9. The molecule has 3 aromatic rings. The first-order valence-corrected chi connectivity index (χ1v) is 14.6. The molecule has 220 valence electrons. The summed E-state index contributed by atoms with van der Waals surface area (Å²) < 4.78 is 21.1. The molecule has 0 bridgehead atoms. The third-order valence-electron chi connectivity index (χ3n) is 8.86. The summed E-state index contributed by atoms with van der Waals surface area (Å²) >= 11 is 0. The Morgan fingerprint density at radius 3 is 2.73 bits per heavy atom. The number of hydrogen-bond donors (Lipinski definition) is 2. The first-order valence-electron chi connectivity index (χ1n) is 14.6. The monoisotopic (exact) mass is 564 g/mol. The number of piperazine rings is 1. The summed E-state index contributed by atoms with van der Waals surface area (Å²) in [6.07, 6.45) is 0.521. The number of nitrogens with one attached hydrogen (secondary N) is 1. The van der Waals surface area contributed by atoms with Crippen molar-refractivity contribution in [3.63, 3.8) is 0 Å². The van der Waals surface area contributed by atoms with Crippen LogP contribution in [0.2, 0.25) is 0 Å². The van der Waals surface area contributed by atoms with Gasteiger partial charge in [-0.1, -0.05) is 26.0 Å². The molecule has 2 saturated heterocycles. The molecule has 1 amide bonds. The Morgan fingerprint density at radius 1 is 1.20 bits per heavy atom. The molecule has 0 spiro atoms. The molecular weight excluding hydrogens is 523 g/mol. The fraction of sp³-hybridized carbons (Fsp3) is 0.567. The lowest BCUT2D eigenvalue weighted by Gasteiger charge is -2.43. The molecule has 41 heavy (non-hydrogen) atoms. The summed E-state index contributed by atoms with van der Waals surface area (Å²) in [6, 6.07) is 9.42. The van der Waals surface area contributed by atoms with Crippen molar-refractivity contribution in [3.8, 4) is 0 Å². The Kier molecular flexibility index (Phi) is 7.48. The third kappa shape index (κ3) is 5.43. The van der Waals surface area contributed by atoms with E-state index in [1.807, 2.05) is 9.30 Å². The number of pyridine rings is 1. The van der Waals surface area contributed by atoms with E-state index in [0.717, 1.165) is 61.9 Å². The van der Waals surface area contributed by atoms with Crippen molar-refractivity contribution in [2.24, 2.45) is 0 Å². The van der Waals surface area contributed by atoms with E-state index in [4.69, 9.17) is 10.5 Å². The van der Waals surface area contributed by atoms with Gasteiger partial charge in [0.15, 0.2) is 5.65 Å². The molecule has 3 atom stereocenters. The van der Waals surface area contributed by atoms with E-state index in [9.17, 15) is 9.18 Å². The lowest BCUT2D eigenvalue weighted by atomic mass is 9.90. The van der Waals surface area contributed by atoms with Crippen LogP contribution in [0.5, 0.6) is 0 Å². The van der Waals surface area contributed by atoms with Gasteiger partial charge in [-0.25, -0.2) is 4.39 Å². The van der Waals surface area contributed by atoms with E-state index in [-0.39, 0.29) is 23.2 Å². The van der Waals surface area contributed by atoms with Gasteiger partial charge >= 0.3 is 0 Å². The van der Waals surface area contributed by atoms with E-state index in [0.29, 0.717) is 43.2 Å². The minimum Gasteiger partial charge on any atom is -0.379 e. The molecule has 0 saturated carbocycles. The third-order valence-corrected chi connectivity index (χ3v) is 8.86. The molecule has 0 unspecified atom stereocenters. The second-order valence-electron chi connectivity index (χ2n) is 12.6. The smallest absolute Gasteiger partial charge is 0.241 e. The van der Waals surface area contributed by atoms with Crippen LogP contribution in [-0.4, -0.2) is 101 Å². The summed E-state index contributed by atoms with van der Waals surface area (Å²) in [5.74, 6) is 0.0987. The molecule has 3 aliphatic heterocycles. The van der Waals surface area contributed by atoms with Crippen LogP contribution in [-0.2, 0) is 21.4 Å². The number of carbonyl (C=O) groups excluding carboxylic acids is 1. The Bertz CT molecular complexity index is 1420. The molecule has 0 radical (unpaired) electrons. The zero-order valence-electron chi connectivity index (χ0n) is 24.4. The normalized spacial score (nSPS) is 25.1. The zero-order chi connectivity index (χ0) is 28.9. The Morgan fingerprint density at radius 2 is 1.98 bits per heavy atom. The van der Waals surface area contributed by atoms with Crippen molar-refractivity contribution in [3.05, 3.63) is 53.0 Å². The number of nitrogen functional groups attached to an aromatic ring is 1. The van der Waals surface area contributed by atoms with Crippen molar-refractivity contribution >= 4 is 23.2 Å². The molecule has 3 aliphatic rings. The second-order valence-corrected chi connectivity index (χ2v) is 12.6. The number of aromatic nitrogens is 3. The lowest BCUT2D eigenvalue weighted by molar-refractivity contribution is -0.121. The molecule has 1 aromatic carbocycles. The quantitative estimate of drug-likeness (QED) is 0.469. The van der Waals surface area contributed by atoms with Crippen molar-refractivity contribution in [1.82, 2.24) is 29.7 Å². The van der Waals surface area contributed by atoms with Gasteiger partial charge in [-0.2, -0.15) is 0 Å². The van der Waals surface area contributed by atoms with Crippen molar-refractivity contribution in [1.29, 1.82) is 0 Å². The summed E-state index contributed by atoms with van der Waals surface area (Å²) in [4.78, 5) is 20.9. The van der Waals surface area contributed by atoms with Crippen LogP contribution in [0.4, 0.5) is 16.0 Å². The molecule has 2 aromatic heterocycles. The number of morpholine rings is 1. The fourth-order valence-corrected chi connectivity index (χ4v) is 6.69. The Balaban J connectivity index is 1.30. The molecular formula is C30H41FN8O2. The number of benzene rings is 1. The van der Waals surface area contributed by atoms with E-state index >= 15 is 0 Å². The predicted octanol–water partition coefficient (Wildman–Crippen LogP) is 2.05. The molecule has 5 heterocycles. The summed E-state index contributed by atoms with van der Waals surface area (Å²) in [5, 5.41) is 12.2. The number of nitrogens with two attached hydrogens (primary N) is 1. The van der Waals surface area contributed by atoms with Crippen LogP contribution in [0.3, 0.4) is 0 Å². The van der Waals surface area contributed by atoms with Gasteiger partial charge in [-0.05, 0) is 37.6 Å². The standard InChI is InChI=1S/C30H41FN8O2/c1-19-14-37(24(13-33-19)15-36-9-10-41-17-20(36)2)16-26(40)38-18-30(3,4)27-25(38)12-22(28-34-35-29(32)39(27)28)11-21-5-7-23(31)8-6-21/h5-8,12,19-20,24,33H,9-11,13-18H2,1-4H3,(H2,32,35)/t19-,20-,24-/m1/s1. The average molecular weight is 565 g/mol. The number of carbonyl (C=O) groups is 1. The van der Waals surface area contributed by atoms with Crippen LogP contribution in [0.25, 0.3) is 5.65 Å². The number of anilines is 2. The number of hydrogen-bond acceptors (Lipinski definition) is 8. The predicted molar refractivity (Wildman–Crippen MR) is 157 cm³/mol. The number of amides is 1. The molecule has 2 fully saturated rings. The van der Waals surface area contributed by atoms with Gasteiger partial charge < -0.3 is 20.7 Å². The molecule has 10 nitrogen and oxygen atoms in total. The van der Waals surface area contributed by atoms with E-state index < -0.39 is 0 Å². The molecule has 6 rings (SSSR count). The number of nitrogens with zero attached hydrogens (tertiary/aromatic N) is 6. The number of halogens is 1. The van der Waals surface area contributed by atoms with Gasteiger partial charge in [0.25, 0.3) is 0 Å². The number of fused-ring (bicyclic) bond motifs is 3. The number of ether oxygens (including phenoxy) is 1. The average Bonchev–Trinajstić information content (AvgIpc) is 3.44. The topological polar surface area (TPSA) is 104 Å². The van der Waals surface area contributed by atoms with E-state index in [2.05, 4.69) is 59.1 Å². The van der Waals surface area contributed by atoms with Gasteiger partial charge in [0, 0.05) is 68.2 Å². The highest BCUT2D eigenvalue weighted by Crippen LogP contribution is 2.43. The highest BCUT2D eigenvalue weighted by atomic mass is 19.1. The Labute approximate surface area is 240 Å². The summed E-state index contributed by atoms with van der Waals surface area (Å²) in [7, 11) is 0. The zero-order valence-corrected chi connectivity index (χ0v) is 24.4. The van der Waals surface area contributed by atoms with Crippen LogP contribution >= 0.6 is 0 Å². The highest BCUT2D eigenvalue weighted by Gasteiger charge is 2.42. The summed E-state index contributed by atoms with van der Waals surface area (Å²) in [6.45, 7) is 14.5. The summed E-state index contributed by atoms with van der Waals surface area (Å²) in [5.41, 5.74) is 10.3. The van der Waals surface area contributed by atoms with Crippen LogP contribution in [0, 0.1) is 5.82 Å². The Hall–Kier alpha value is -3.12. The maximum absolute atomic E-state index is 14.2. The minimum atomic E-state index is -0.354. The van der Waals surface area contributed by atoms with Gasteiger partial charge in [0.2, 0.25) is 11.9 Å². The highest BCUT2D eigenvalue weighted by molar-refractivity contribution is 5.98. The minimum absolute atomic E-state index is 0.0738. The van der Waals surface area contributed by atoms with Gasteiger partial charge in [0.1, 0.15) is 5.82 Å². The van der Waals surface area contributed by atoms with Gasteiger partial charge in [-0.3, -0.25) is 19.0 Å². The van der Waals surface area contributed by atoms with Crippen LogP contribution in [0.15, 0.2) is 30.3 Å². The van der Waals surface area contributed by atoms with Crippen molar-refractivity contribution < 1.29 is 13.9 Å². The fourth-order valence-electron chi connectivity index (χ4n) is 6.69. The first-order chi connectivity index (χ1) is 19.6. The van der Waals surface area contributed by atoms with Crippen LogP contribution < -0.4 is 16.0 Å². The van der Waals surface area contributed by atoms with Gasteiger partial charge in [-0.15, -0.1) is 10.2 Å². The van der Waals surface area contributed by atoms with Gasteiger partial charge in [0.05, 0.1) is 31.1 Å². The molecule has 11 heteroatoms. The van der Waals surface area contributed by atoms with Crippen LogP contribution in [0.1, 0.15) is 44.5 Å².